The molecule has 20 heavy (non-hydrogen) atoms. The lowest BCUT2D eigenvalue weighted by Crippen LogP contribution is -2.38. The molecule has 6 heteroatoms. The van der Waals surface area contributed by atoms with Gasteiger partial charge in [-0.3, -0.25) is 0 Å². The standard InChI is InChI=1S/C14H26N2O3S/c1-6-7-16-9-14(8-13(16)10-17)20(18,19)15(5)12(4)11(2)3/h8-9,11-12,17H,6-7,10H2,1-5H3. The Balaban J connectivity index is 3.15. The lowest BCUT2D eigenvalue weighted by atomic mass is 10.1. The minimum absolute atomic E-state index is 0.0768. The predicted octanol–water partition coefficient (Wildman–Crippen LogP) is 2.06. The van der Waals surface area contributed by atoms with Crippen molar-refractivity contribution in [3.05, 3.63) is 18.0 Å². The number of hydrogen-bond acceptors (Lipinski definition) is 3. The van der Waals surface area contributed by atoms with E-state index in [1.807, 2.05) is 27.7 Å². The SMILES string of the molecule is CCCn1cc(S(=O)(=O)N(C)C(C)C(C)C)cc1CO. The highest BCUT2D eigenvalue weighted by atomic mass is 32.2. The molecule has 1 aromatic heterocycles. The number of aromatic nitrogens is 1. The largest absolute Gasteiger partial charge is 0.390 e. The summed E-state index contributed by atoms with van der Waals surface area (Å²) < 4.78 is 28.4. The lowest BCUT2D eigenvalue weighted by Gasteiger charge is -2.26. The molecule has 0 aliphatic heterocycles. The summed E-state index contributed by atoms with van der Waals surface area (Å²) in [7, 11) is -1.90. The van der Waals surface area contributed by atoms with E-state index in [1.54, 1.807) is 23.9 Å². The average Bonchev–Trinajstić information content (AvgIpc) is 2.81. The molecule has 0 fully saturated rings. The molecule has 1 rings (SSSR count). The summed E-state index contributed by atoms with van der Waals surface area (Å²) in [6.07, 6.45) is 2.51. The van der Waals surface area contributed by atoms with Crippen LogP contribution in [0.25, 0.3) is 0 Å². The first-order valence-electron chi connectivity index (χ1n) is 7.03. The third kappa shape index (κ3) is 3.42. The van der Waals surface area contributed by atoms with Crippen LogP contribution < -0.4 is 0 Å². The fourth-order valence-corrected chi connectivity index (χ4v) is 3.61. The summed E-state index contributed by atoms with van der Waals surface area (Å²) >= 11 is 0. The fraction of sp³-hybridized carbons (Fsp3) is 0.714. The van der Waals surface area contributed by atoms with E-state index in [2.05, 4.69) is 0 Å². The third-order valence-corrected chi connectivity index (χ3v) is 5.71. The van der Waals surface area contributed by atoms with Gasteiger partial charge < -0.3 is 9.67 Å². The Morgan fingerprint density at radius 1 is 1.35 bits per heavy atom. The maximum atomic E-state index is 12.6. The van der Waals surface area contributed by atoms with Gasteiger partial charge in [-0.1, -0.05) is 20.8 Å². The Bertz CT molecular complexity index is 535. The Kier molecular flexibility index (Phi) is 5.79. The Hall–Kier alpha value is -0.850. The van der Waals surface area contributed by atoms with Crippen molar-refractivity contribution in [3.63, 3.8) is 0 Å². The predicted molar refractivity (Wildman–Crippen MR) is 79.9 cm³/mol. The summed E-state index contributed by atoms with van der Waals surface area (Å²) in [5, 5.41) is 9.33. The Morgan fingerprint density at radius 3 is 2.40 bits per heavy atom. The quantitative estimate of drug-likeness (QED) is 0.838. The van der Waals surface area contributed by atoms with Crippen molar-refractivity contribution in [2.75, 3.05) is 7.05 Å². The van der Waals surface area contributed by atoms with Crippen molar-refractivity contribution in [1.82, 2.24) is 8.87 Å². The van der Waals surface area contributed by atoms with E-state index in [9.17, 15) is 13.5 Å². The molecule has 116 valence electrons. The maximum absolute atomic E-state index is 12.6. The van der Waals surface area contributed by atoms with E-state index in [1.165, 1.54) is 4.31 Å². The van der Waals surface area contributed by atoms with Gasteiger partial charge in [0.1, 0.15) is 4.90 Å². The summed E-state index contributed by atoms with van der Waals surface area (Å²) in [6, 6.07) is 1.49. The fourth-order valence-electron chi connectivity index (χ4n) is 2.05. The van der Waals surface area contributed by atoms with E-state index in [-0.39, 0.29) is 23.5 Å². The first kappa shape index (κ1) is 17.2. The van der Waals surface area contributed by atoms with E-state index in [4.69, 9.17) is 0 Å². The molecule has 0 radical (unpaired) electrons. The zero-order valence-electron chi connectivity index (χ0n) is 13.0. The van der Waals surface area contributed by atoms with Crippen molar-refractivity contribution in [2.24, 2.45) is 5.92 Å². The molecule has 1 aromatic rings. The summed E-state index contributed by atoms with van der Waals surface area (Å²) in [5.41, 5.74) is 0.635. The maximum Gasteiger partial charge on any atom is 0.244 e. The molecule has 0 saturated carbocycles. The first-order valence-corrected chi connectivity index (χ1v) is 8.47. The molecule has 0 aliphatic carbocycles. The zero-order chi connectivity index (χ0) is 15.5. The number of aryl methyl sites for hydroxylation is 1. The molecule has 1 unspecified atom stereocenters. The topological polar surface area (TPSA) is 62.5 Å². The highest BCUT2D eigenvalue weighted by Gasteiger charge is 2.28. The van der Waals surface area contributed by atoms with E-state index in [0.717, 1.165) is 6.42 Å². The van der Waals surface area contributed by atoms with Gasteiger partial charge in [0.25, 0.3) is 0 Å². The van der Waals surface area contributed by atoms with Crippen LogP contribution in [-0.4, -0.2) is 35.5 Å². The van der Waals surface area contributed by atoms with Crippen LogP contribution in [-0.2, 0) is 23.2 Å². The number of nitrogens with zero attached hydrogens (tertiary/aromatic N) is 2. The number of aliphatic hydroxyl groups excluding tert-OH is 1. The van der Waals surface area contributed by atoms with Crippen LogP contribution >= 0.6 is 0 Å². The number of aliphatic hydroxyl groups is 1. The van der Waals surface area contributed by atoms with Gasteiger partial charge in [-0.2, -0.15) is 4.31 Å². The van der Waals surface area contributed by atoms with Crippen LogP contribution in [0.15, 0.2) is 17.2 Å². The van der Waals surface area contributed by atoms with Crippen molar-refractivity contribution < 1.29 is 13.5 Å². The van der Waals surface area contributed by atoms with E-state index < -0.39 is 10.0 Å². The van der Waals surface area contributed by atoms with Crippen molar-refractivity contribution in [3.8, 4) is 0 Å². The number of rotatable bonds is 7. The highest BCUT2D eigenvalue weighted by Crippen LogP contribution is 2.22. The zero-order valence-corrected chi connectivity index (χ0v) is 13.8. The van der Waals surface area contributed by atoms with E-state index >= 15 is 0 Å². The molecule has 0 aromatic carbocycles. The van der Waals surface area contributed by atoms with Gasteiger partial charge in [-0.05, 0) is 25.3 Å². The van der Waals surface area contributed by atoms with Crippen molar-refractivity contribution >= 4 is 10.0 Å². The molecular weight excluding hydrogens is 276 g/mol. The smallest absolute Gasteiger partial charge is 0.244 e. The van der Waals surface area contributed by atoms with E-state index in [0.29, 0.717) is 12.2 Å². The lowest BCUT2D eigenvalue weighted by molar-refractivity contribution is 0.270. The molecule has 0 aliphatic rings. The van der Waals surface area contributed by atoms with Crippen LogP contribution in [0.2, 0.25) is 0 Å². The number of sulfonamides is 1. The average molecular weight is 302 g/mol. The molecule has 0 spiro atoms. The Morgan fingerprint density at radius 2 is 1.95 bits per heavy atom. The summed E-state index contributed by atoms with van der Waals surface area (Å²) in [4.78, 5) is 0.255. The monoisotopic (exact) mass is 302 g/mol. The Labute approximate surface area is 122 Å². The summed E-state index contributed by atoms with van der Waals surface area (Å²) in [5.74, 6) is 0.241. The van der Waals surface area contributed by atoms with Crippen LogP contribution in [0.5, 0.6) is 0 Å². The molecule has 1 atom stereocenters. The normalized spacial score (nSPS) is 14.2. The third-order valence-electron chi connectivity index (χ3n) is 3.80. The van der Waals surface area contributed by atoms with Gasteiger partial charge in [-0.15, -0.1) is 0 Å². The second-order valence-electron chi connectivity index (χ2n) is 5.52. The van der Waals surface area contributed by atoms with Crippen LogP contribution in [0, 0.1) is 5.92 Å². The van der Waals surface area contributed by atoms with Crippen molar-refractivity contribution in [1.29, 1.82) is 0 Å². The highest BCUT2D eigenvalue weighted by molar-refractivity contribution is 7.89. The van der Waals surface area contributed by atoms with Crippen LogP contribution in [0.4, 0.5) is 0 Å². The second-order valence-corrected chi connectivity index (χ2v) is 7.52. The van der Waals surface area contributed by atoms with Gasteiger partial charge >= 0.3 is 0 Å². The molecule has 1 N–H and O–H groups in total. The molecule has 0 bridgehead atoms. The van der Waals surface area contributed by atoms with Crippen LogP contribution in [0.3, 0.4) is 0 Å². The van der Waals surface area contributed by atoms with Gasteiger partial charge in [0.15, 0.2) is 0 Å². The molecule has 0 amide bonds. The molecule has 0 saturated heterocycles. The number of hydrogen-bond donors (Lipinski definition) is 1. The second kappa shape index (κ2) is 6.74. The first-order chi connectivity index (χ1) is 9.25. The summed E-state index contributed by atoms with van der Waals surface area (Å²) in [6.45, 7) is 8.46. The molecule has 5 nitrogen and oxygen atoms in total. The van der Waals surface area contributed by atoms with Crippen LogP contribution in [0.1, 0.15) is 39.8 Å². The van der Waals surface area contributed by atoms with Crippen molar-refractivity contribution in [2.45, 2.75) is 58.2 Å². The van der Waals surface area contributed by atoms with Gasteiger partial charge in [0.05, 0.1) is 6.61 Å². The van der Waals surface area contributed by atoms with Gasteiger partial charge in [-0.25, -0.2) is 8.42 Å². The van der Waals surface area contributed by atoms with Gasteiger partial charge in [0, 0.05) is 31.5 Å². The molecular formula is C14H26N2O3S. The minimum atomic E-state index is -3.51. The van der Waals surface area contributed by atoms with Gasteiger partial charge in [0.2, 0.25) is 10.0 Å². The molecule has 1 heterocycles. The minimum Gasteiger partial charge on any atom is -0.390 e.